The fraction of sp³-hybridized carbons (Fsp3) is 0.650. The van der Waals surface area contributed by atoms with E-state index < -0.39 is 39.6 Å². The van der Waals surface area contributed by atoms with Crippen LogP contribution in [0.2, 0.25) is 0 Å². The van der Waals surface area contributed by atoms with Crippen LogP contribution < -0.4 is 15.6 Å². The first-order valence-electron chi connectivity index (χ1n) is 10.8. The van der Waals surface area contributed by atoms with Crippen LogP contribution in [0.1, 0.15) is 45.1 Å². The standard InChI is InChI=1S/C20H27F2N5O5S/c1-20(29)7-3-4-15(20)27-16-12(10-14(17(27)28)32-18(21)22)11-23-19(25-16)24-13-5-8-26(9-6-13)33(2,30)31/h10-11,13,15,18,29H,3-9H2,1-2H3,(H,23,24,25)/t15-,20-/m0/s1. The van der Waals surface area contributed by atoms with E-state index in [1.165, 1.54) is 27.4 Å². The molecule has 33 heavy (non-hydrogen) atoms. The first-order valence-corrected chi connectivity index (χ1v) is 12.6. The molecule has 13 heteroatoms. The van der Waals surface area contributed by atoms with Crippen molar-refractivity contribution in [1.82, 2.24) is 18.8 Å². The summed E-state index contributed by atoms with van der Waals surface area (Å²) in [5.74, 6) is -0.300. The van der Waals surface area contributed by atoms with E-state index in [4.69, 9.17) is 0 Å². The van der Waals surface area contributed by atoms with Gasteiger partial charge in [0.1, 0.15) is 5.65 Å². The molecule has 1 saturated carbocycles. The molecule has 2 aliphatic rings. The third kappa shape index (κ3) is 4.94. The smallest absolute Gasteiger partial charge is 0.387 e. The van der Waals surface area contributed by atoms with Gasteiger partial charge < -0.3 is 15.2 Å². The Morgan fingerprint density at radius 3 is 2.58 bits per heavy atom. The average Bonchev–Trinajstić information content (AvgIpc) is 3.07. The first-order chi connectivity index (χ1) is 15.5. The fourth-order valence-corrected chi connectivity index (χ4v) is 5.56. The summed E-state index contributed by atoms with van der Waals surface area (Å²) < 4.78 is 56.3. The zero-order valence-corrected chi connectivity index (χ0v) is 19.2. The van der Waals surface area contributed by atoms with Gasteiger partial charge in [0.05, 0.1) is 17.9 Å². The zero-order chi connectivity index (χ0) is 24.0. The van der Waals surface area contributed by atoms with Crippen molar-refractivity contribution < 1.29 is 27.0 Å². The Morgan fingerprint density at radius 1 is 1.30 bits per heavy atom. The molecule has 0 radical (unpaired) electrons. The van der Waals surface area contributed by atoms with Crippen molar-refractivity contribution in [2.24, 2.45) is 0 Å². The topological polar surface area (TPSA) is 127 Å². The number of hydrogen-bond acceptors (Lipinski definition) is 8. The Balaban J connectivity index is 1.69. The minimum atomic E-state index is -3.25. The maximum atomic E-state index is 13.1. The Morgan fingerprint density at radius 2 is 2.00 bits per heavy atom. The normalized spacial score (nSPS) is 25.1. The van der Waals surface area contributed by atoms with Crippen LogP contribution >= 0.6 is 0 Å². The molecule has 182 valence electrons. The van der Waals surface area contributed by atoms with E-state index in [2.05, 4.69) is 20.0 Å². The van der Waals surface area contributed by atoms with Crippen LogP contribution in [0.5, 0.6) is 5.75 Å². The van der Waals surface area contributed by atoms with E-state index in [9.17, 15) is 27.1 Å². The van der Waals surface area contributed by atoms with Gasteiger partial charge in [0.25, 0.3) is 5.56 Å². The number of aromatic nitrogens is 3. The van der Waals surface area contributed by atoms with Crippen LogP contribution in [-0.2, 0) is 10.0 Å². The molecule has 0 unspecified atom stereocenters. The molecular formula is C20H27F2N5O5S. The van der Waals surface area contributed by atoms with Crippen molar-refractivity contribution in [2.45, 2.75) is 63.3 Å². The molecule has 0 amide bonds. The molecule has 2 N–H and O–H groups in total. The lowest BCUT2D eigenvalue weighted by Crippen LogP contribution is -2.42. The van der Waals surface area contributed by atoms with Gasteiger partial charge >= 0.3 is 6.61 Å². The van der Waals surface area contributed by atoms with Crippen LogP contribution in [0.4, 0.5) is 14.7 Å². The molecule has 1 aliphatic carbocycles. The van der Waals surface area contributed by atoms with E-state index in [0.29, 0.717) is 50.6 Å². The van der Waals surface area contributed by atoms with Crippen LogP contribution in [-0.4, -0.2) is 70.0 Å². The highest BCUT2D eigenvalue weighted by Gasteiger charge is 2.40. The number of halogens is 2. The monoisotopic (exact) mass is 487 g/mol. The molecule has 0 aromatic carbocycles. The molecule has 10 nitrogen and oxygen atoms in total. The Bertz CT molecular complexity index is 1200. The van der Waals surface area contributed by atoms with Crippen LogP contribution in [0.25, 0.3) is 11.0 Å². The van der Waals surface area contributed by atoms with Crippen LogP contribution in [0.3, 0.4) is 0 Å². The third-order valence-corrected chi connectivity index (χ3v) is 7.71. The summed E-state index contributed by atoms with van der Waals surface area (Å²) in [4.78, 5) is 21.8. The van der Waals surface area contributed by atoms with E-state index in [0.717, 1.165) is 0 Å². The number of alkyl halides is 2. The summed E-state index contributed by atoms with van der Waals surface area (Å²) in [7, 11) is -3.25. The molecule has 2 fully saturated rings. The maximum absolute atomic E-state index is 13.1. The van der Waals surface area contributed by atoms with Crippen molar-refractivity contribution in [3.63, 3.8) is 0 Å². The van der Waals surface area contributed by atoms with Gasteiger partial charge in [0.15, 0.2) is 5.75 Å². The number of sulfonamides is 1. The van der Waals surface area contributed by atoms with Crippen molar-refractivity contribution in [2.75, 3.05) is 24.7 Å². The second-order valence-corrected chi connectivity index (χ2v) is 10.9. The van der Waals surface area contributed by atoms with Gasteiger partial charge in [-0.15, -0.1) is 0 Å². The van der Waals surface area contributed by atoms with E-state index >= 15 is 0 Å². The third-order valence-electron chi connectivity index (χ3n) is 6.40. The Hall–Kier alpha value is -2.38. The minimum Gasteiger partial charge on any atom is -0.429 e. The van der Waals surface area contributed by atoms with Gasteiger partial charge in [-0.1, -0.05) is 0 Å². The summed E-state index contributed by atoms with van der Waals surface area (Å²) in [6.45, 7) is -0.825. The second kappa shape index (κ2) is 8.76. The van der Waals surface area contributed by atoms with Gasteiger partial charge in [0.2, 0.25) is 16.0 Å². The fourth-order valence-electron chi connectivity index (χ4n) is 4.69. The Kier molecular flexibility index (Phi) is 6.31. The molecule has 2 aromatic heterocycles. The lowest BCUT2D eigenvalue weighted by molar-refractivity contribution is -0.0513. The van der Waals surface area contributed by atoms with E-state index in [1.807, 2.05) is 0 Å². The van der Waals surface area contributed by atoms with Crippen molar-refractivity contribution in [3.8, 4) is 5.75 Å². The molecule has 0 spiro atoms. The number of piperidine rings is 1. The number of pyridine rings is 1. The summed E-state index contributed by atoms with van der Waals surface area (Å²) in [5, 5.41) is 14.3. The minimum absolute atomic E-state index is 0.0725. The van der Waals surface area contributed by atoms with Gasteiger partial charge in [0, 0.05) is 30.7 Å². The quantitative estimate of drug-likeness (QED) is 0.631. The lowest BCUT2D eigenvalue weighted by atomic mass is 10.00. The summed E-state index contributed by atoms with van der Waals surface area (Å²) in [5.41, 5.74) is -1.79. The number of rotatable bonds is 6. The van der Waals surface area contributed by atoms with E-state index in [-0.39, 0.29) is 17.6 Å². The maximum Gasteiger partial charge on any atom is 0.387 e. The van der Waals surface area contributed by atoms with Crippen molar-refractivity contribution in [1.29, 1.82) is 0 Å². The van der Waals surface area contributed by atoms with Gasteiger partial charge in [-0.25, -0.2) is 17.7 Å². The van der Waals surface area contributed by atoms with Gasteiger partial charge in [-0.3, -0.25) is 9.36 Å². The molecule has 2 aromatic rings. The summed E-state index contributed by atoms with van der Waals surface area (Å²) in [6.07, 6.45) is 5.31. The van der Waals surface area contributed by atoms with Gasteiger partial charge in [-0.2, -0.15) is 13.8 Å². The number of hydrogen-bond donors (Lipinski definition) is 2. The highest BCUT2D eigenvalue weighted by molar-refractivity contribution is 7.88. The van der Waals surface area contributed by atoms with Crippen LogP contribution in [0, 0.1) is 0 Å². The second-order valence-electron chi connectivity index (χ2n) is 8.88. The summed E-state index contributed by atoms with van der Waals surface area (Å²) in [6, 6.07) is 0.448. The molecule has 2 atom stereocenters. The molecule has 4 rings (SSSR count). The number of aliphatic hydroxyl groups is 1. The van der Waals surface area contributed by atoms with Crippen molar-refractivity contribution in [3.05, 3.63) is 22.6 Å². The SMILES string of the molecule is C[C@]1(O)CCC[C@@H]1n1c(=O)c(OC(F)F)cc2cnc(NC3CCN(S(C)(=O)=O)CC3)nc21. The van der Waals surface area contributed by atoms with Crippen LogP contribution in [0.15, 0.2) is 17.1 Å². The highest BCUT2D eigenvalue weighted by Crippen LogP contribution is 2.40. The highest BCUT2D eigenvalue weighted by atomic mass is 32.2. The molecular weight excluding hydrogens is 460 g/mol. The lowest BCUT2D eigenvalue weighted by Gasteiger charge is -2.31. The number of fused-ring (bicyclic) bond motifs is 1. The van der Waals surface area contributed by atoms with Gasteiger partial charge in [-0.05, 0) is 45.1 Å². The molecule has 0 bridgehead atoms. The van der Waals surface area contributed by atoms with E-state index in [1.54, 1.807) is 6.92 Å². The predicted octanol–water partition coefficient (Wildman–Crippen LogP) is 1.70. The number of nitrogens with zero attached hydrogens (tertiary/aromatic N) is 4. The number of anilines is 1. The number of ether oxygens (including phenoxy) is 1. The molecule has 3 heterocycles. The Labute approximate surface area is 189 Å². The van der Waals surface area contributed by atoms with Crippen molar-refractivity contribution >= 4 is 27.0 Å². The number of nitrogens with one attached hydrogen (secondary N) is 1. The molecule has 1 saturated heterocycles. The predicted molar refractivity (Wildman–Crippen MR) is 117 cm³/mol. The summed E-state index contributed by atoms with van der Waals surface area (Å²) >= 11 is 0. The average molecular weight is 488 g/mol. The zero-order valence-electron chi connectivity index (χ0n) is 18.4. The molecule has 1 aliphatic heterocycles. The first kappa shape index (κ1) is 23.8. The largest absolute Gasteiger partial charge is 0.429 e.